The second-order valence-corrected chi connectivity index (χ2v) is 11.1. The first-order chi connectivity index (χ1) is 15.7. The summed E-state index contributed by atoms with van der Waals surface area (Å²) in [6, 6.07) is 15.1. The average molecular weight is 469 g/mol. The Morgan fingerprint density at radius 1 is 1.03 bits per heavy atom. The summed E-state index contributed by atoms with van der Waals surface area (Å²) in [5.41, 5.74) is 9.91. The largest absolute Gasteiger partial charge is 0.392 e. The van der Waals surface area contributed by atoms with E-state index in [4.69, 9.17) is 10.8 Å². The molecule has 1 atom stereocenters. The number of aliphatic hydroxyl groups excluding tert-OH is 1. The van der Waals surface area contributed by atoms with Crippen molar-refractivity contribution in [2.45, 2.75) is 38.3 Å². The number of carbonyl (C=O) groups excluding carboxylic acids is 1. The fraction of sp³-hybridized carbons (Fsp3) is 0.423. The lowest BCUT2D eigenvalue weighted by Crippen LogP contribution is -2.47. The smallest absolute Gasteiger partial charge is 0.239 e. The number of carbonyl (C=O) groups is 1. The van der Waals surface area contributed by atoms with Crippen molar-refractivity contribution in [2.24, 2.45) is 11.7 Å². The molecule has 176 valence electrons. The Hall–Kier alpha value is -2.66. The van der Waals surface area contributed by atoms with Crippen molar-refractivity contribution < 1.29 is 18.3 Å². The number of hydrogen-bond acceptors (Lipinski definition) is 5. The third-order valence-corrected chi connectivity index (χ3v) is 6.99. The number of likely N-dealkylation sites (tertiary alicyclic amines) is 1. The molecule has 1 aliphatic heterocycles. The number of amides is 1. The number of piperidine rings is 1. The van der Waals surface area contributed by atoms with Crippen LogP contribution in [0.15, 0.2) is 48.5 Å². The van der Waals surface area contributed by atoms with Crippen molar-refractivity contribution in [1.82, 2.24) is 4.90 Å². The molecule has 1 fully saturated rings. The van der Waals surface area contributed by atoms with Crippen LogP contribution in [0.25, 0.3) is 0 Å². The molecule has 0 aromatic heterocycles. The van der Waals surface area contributed by atoms with Crippen LogP contribution in [0.4, 0.5) is 0 Å². The molecular weight excluding hydrogens is 436 g/mol. The van der Waals surface area contributed by atoms with Crippen LogP contribution in [0.5, 0.6) is 0 Å². The summed E-state index contributed by atoms with van der Waals surface area (Å²) >= 11 is 0. The van der Waals surface area contributed by atoms with E-state index in [0.717, 1.165) is 42.2 Å². The molecule has 6 nitrogen and oxygen atoms in total. The van der Waals surface area contributed by atoms with Gasteiger partial charge in [-0.15, -0.1) is 0 Å². The second-order valence-electron chi connectivity index (χ2n) is 8.80. The summed E-state index contributed by atoms with van der Waals surface area (Å²) in [7, 11) is -3.12. The predicted molar refractivity (Wildman–Crippen MR) is 130 cm³/mol. The summed E-state index contributed by atoms with van der Waals surface area (Å²) < 4.78 is 22.6. The molecule has 0 aliphatic carbocycles. The van der Waals surface area contributed by atoms with Gasteiger partial charge in [0.05, 0.1) is 18.4 Å². The number of benzene rings is 2. The highest BCUT2D eigenvalue weighted by atomic mass is 32.2. The Labute approximate surface area is 196 Å². The van der Waals surface area contributed by atoms with Gasteiger partial charge in [-0.05, 0) is 67.0 Å². The van der Waals surface area contributed by atoms with E-state index in [-0.39, 0.29) is 24.7 Å². The summed E-state index contributed by atoms with van der Waals surface area (Å²) in [6.45, 7) is 1.35. The van der Waals surface area contributed by atoms with Gasteiger partial charge >= 0.3 is 0 Å². The highest BCUT2D eigenvalue weighted by Gasteiger charge is 2.26. The summed E-state index contributed by atoms with van der Waals surface area (Å²) in [5, 5.41) is 9.11. The minimum atomic E-state index is -3.12. The van der Waals surface area contributed by atoms with Gasteiger partial charge in [0.15, 0.2) is 0 Å². The lowest BCUT2D eigenvalue weighted by Gasteiger charge is -2.33. The Balaban J connectivity index is 1.47. The van der Waals surface area contributed by atoms with E-state index in [1.54, 1.807) is 4.90 Å². The van der Waals surface area contributed by atoms with E-state index >= 15 is 0 Å². The zero-order chi connectivity index (χ0) is 23.8. The van der Waals surface area contributed by atoms with E-state index in [1.165, 1.54) is 5.56 Å². The molecule has 3 N–H and O–H groups in total. The molecule has 33 heavy (non-hydrogen) atoms. The lowest BCUT2D eigenvalue weighted by atomic mass is 9.89. The quantitative estimate of drug-likeness (QED) is 0.607. The van der Waals surface area contributed by atoms with Gasteiger partial charge in [0, 0.05) is 30.5 Å². The maximum Gasteiger partial charge on any atom is 0.239 e. The first kappa shape index (κ1) is 25.0. The summed E-state index contributed by atoms with van der Waals surface area (Å²) in [5.74, 6) is 6.61. The Morgan fingerprint density at radius 2 is 1.55 bits per heavy atom. The van der Waals surface area contributed by atoms with Crippen LogP contribution in [0, 0.1) is 17.8 Å². The van der Waals surface area contributed by atoms with Crippen LogP contribution in [0.1, 0.15) is 41.5 Å². The van der Waals surface area contributed by atoms with Crippen molar-refractivity contribution in [2.75, 3.05) is 25.1 Å². The standard InChI is InChI=1S/C26H32N2O4S/c1-33(31,32)17-14-25(27)26(30)28-15-12-23(13-16-28)18-22-8-4-20(5-9-22)2-3-21-6-10-24(19-29)11-7-21/h4-11,23,25,29H,12-19,27H2,1H3/t25-/m1/s1. The summed E-state index contributed by atoms with van der Waals surface area (Å²) in [4.78, 5) is 14.3. The Bertz CT molecular complexity index is 1090. The van der Waals surface area contributed by atoms with Crippen molar-refractivity contribution in [3.05, 3.63) is 70.8 Å². The molecule has 0 spiro atoms. The third kappa shape index (κ3) is 8.01. The molecule has 1 heterocycles. The normalized spacial score (nSPS) is 15.5. The molecule has 0 radical (unpaired) electrons. The van der Waals surface area contributed by atoms with Crippen LogP contribution in [-0.2, 0) is 27.7 Å². The van der Waals surface area contributed by atoms with E-state index in [1.807, 2.05) is 36.4 Å². The van der Waals surface area contributed by atoms with Crippen molar-refractivity contribution in [3.63, 3.8) is 0 Å². The molecule has 0 saturated carbocycles. The number of sulfone groups is 1. The molecule has 1 aliphatic rings. The maximum absolute atomic E-state index is 12.5. The van der Waals surface area contributed by atoms with Crippen LogP contribution >= 0.6 is 0 Å². The van der Waals surface area contributed by atoms with Gasteiger partial charge in [-0.1, -0.05) is 36.1 Å². The van der Waals surface area contributed by atoms with Gasteiger partial charge < -0.3 is 15.7 Å². The zero-order valence-corrected chi connectivity index (χ0v) is 19.9. The van der Waals surface area contributed by atoms with Crippen LogP contribution in [-0.4, -0.2) is 55.5 Å². The summed E-state index contributed by atoms with van der Waals surface area (Å²) in [6.07, 6.45) is 4.11. The van der Waals surface area contributed by atoms with Gasteiger partial charge in [-0.2, -0.15) is 0 Å². The number of hydrogen-bond donors (Lipinski definition) is 2. The number of nitrogens with zero attached hydrogens (tertiary/aromatic N) is 1. The highest BCUT2D eigenvalue weighted by molar-refractivity contribution is 7.90. The van der Waals surface area contributed by atoms with Gasteiger partial charge in [0.2, 0.25) is 5.91 Å². The molecule has 2 aromatic rings. The van der Waals surface area contributed by atoms with E-state index in [9.17, 15) is 13.2 Å². The van der Waals surface area contributed by atoms with E-state index in [2.05, 4.69) is 24.0 Å². The predicted octanol–water partition coefficient (Wildman–Crippen LogP) is 2.12. The van der Waals surface area contributed by atoms with Gasteiger partial charge in [-0.25, -0.2) is 8.42 Å². The van der Waals surface area contributed by atoms with Crippen molar-refractivity contribution in [1.29, 1.82) is 0 Å². The molecule has 1 saturated heterocycles. The van der Waals surface area contributed by atoms with E-state index < -0.39 is 15.9 Å². The minimum Gasteiger partial charge on any atom is -0.392 e. The van der Waals surface area contributed by atoms with Crippen LogP contribution in [0.2, 0.25) is 0 Å². The maximum atomic E-state index is 12.5. The van der Waals surface area contributed by atoms with E-state index in [0.29, 0.717) is 19.0 Å². The minimum absolute atomic E-state index is 0.0312. The molecule has 2 aromatic carbocycles. The SMILES string of the molecule is CS(=O)(=O)CC[C@@H](N)C(=O)N1CCC(Cc2ccc(C#Cc3ccc(CO)cc3)cc2)CC1. The van der Waals surface area contributed by atoms with Crippen LogP contribution < -0.4 is 5.73 Å². The third-order valence-electron chi connectivity index (χ3n) is 6.01. The molecule has 3 rings (SSSR count). The molecular formula is C26H32N2O4S. The number of nitrogens with two attached hydrogens (primary N) is 1. The number of aliphatic hydroxyl groups is 1. The number of rotatable bonds is 7. The fourth-order valence-corrected chi connectivity index (χ4v) is 4.63. The van der Waals surface area contributed by atoms with Crippen LogP contribution in [0.3, 0.4) is 0 Å². The van der Waals surface area contributed by atoms with Gasteiger partial charge in [0.25, 0.3) is 0 Å². The molecule has 0 unspecified atom stereocenters. The zero-order valence-electron chi connectivity index (χ0n) is 19.0. The topological polar surface area (TPSA) is 101 Å². The van der Waals surface area contributed by atoms with Gasteiger partial charge in [0.1, 0.15) is 9.84 Å². The van der Waals surface area contributed by atoms with Crippen molar-refractivity contribution in [3.8, 4) is 11.8 Å². The monoisotopic (exact) mass is 468 g/mol. The lowest BCUT2D eigenvalue weighted by molar-refractivity contribution is -0.134. The molecule has 0 bridgehead atoms. The second kappa shape index (κ2) is 11.5. The first-order valence-corrected chi connectivity index (χ1v) is 13.3. The van der Waals surface area contributed by atoms with Crippen molar-refractivity contribution >= 4 is 15.7 Å². The van der Waals surface area contributed by atoms with Gasteiger partial charge in [-0.3, -0.25) is 4.79 Å². The first-order valence-electron chi connectivity index (χ1n) is 11.3. The Kier molecular flexibility index (Phi) is 8.67. The highest BCUT2D eigenvalue weighted by Crippen LogP contribution is 2.22. The fourth-order valence-electron chi connectivity index (χ4n) is 3.95. The average Bonchev–Trinajstić information content (AvgIpc) is 2.82. The molecule has 7 heteroatoms. The molecule has 1 amide bonds. The Morgan fingerprint density at radius 3 is 2.03 bits per heavy atom.